The Morgan fingerprint density at radius 2 is 1.86 bits per heavy atom. The second kappa shape index (κ2) is 5.89. The van der Waals surface area contributed by atoms with E-state index >= 15 is 0 Å². The highest BCUT2D eigenvalue weighted by molar-refractivity contribution is 6.44. The Kier molecular flexibility index (Phi) is 5.94. The Bertz CT molecular complexity index is 330. The van der Waals surface area contributed by atoms with Crippen molar-refractivity contribution in [3.63, 3.8) is 0 Å². The van der Waals surface area contributed by atoms with Crippen molar-refractivity contribution >= 4 is 47.2 Å². The van der Waals surface area contributed by atoms with Gasteiger partial charge in [-0.05, 0) is 6.07 Å². The molecule has 2 N–H and O–H groups in total. The molecular formula is C8H9Cl4NO. The third kappa shape index (κ3) is 2.59. The van der Waals surface area contributed by atoms with Crippen LogP contribution in [0.5, 0.6) is 5.75 Å². The zero-order valence-electron chi connectivity index (χ0n) is 7.31. The molecule has 2 nitrogen and oxygen atoms in total. The predicted octanol–water partition coefficient (Wildman–Crippen LogP) is 3.54. The highest BCUT2D eigenvalue weighted by Gasteiger charge is 2.14. The van der Waals surface area contributed by atoms with E-state index in [1.165, 1.54) is 13.2 Å². The van der Waals surface area contributed by atoms with Crippen LogP contribution in [0.25, 0.3) is 0 Å². The molecule has 0 unspecified atom stereocenters. The van der Waals surface area contributed by atoms with Gasteiger partial charge in [-0.15, -0.1) is 12.4 Å². The molecule has 0 radical (unpaired) electrons. The van der Waals surface area contributed by atoms with E-state index in [0.29, 0.717) is 26.4 Å². The van der Waals surface area contributed by atoms with Gasteiger partial charge >= 0.3 is 0 Å². The van der Waals surface area contributed by atoms with Crippen molar-refractivity contribution in [2.45, 2.75) is 6.54 Å². The summed E-state index contributed by atoms with van der Waals surface area (Å²) in [5, 5.41) is 1.19. The summed E-state index contributed by atoms with van der Waals surface area (Å²) in [6.07, 6.45) is 0. The Balaban J connectivity index is 0.00000169. The van der Waals surface area contributed by atoms with Gasteiger partial charge in [-0.25, -0.2) is 0 Å². The first-order valence-corrected chi connectivity index (χ1v) is 4.65. The minimum absolute atomic E-state index is 0. The lowest BCUT2D eigenvalue weighted by molar-refractivity contribution is 0.410. The van der Waals surface area contributed by atoms with Crippen molar-refractivity contribution in [2.75, 3.05) is 7.11 Å². The van der Waals surface area contributed by atoms with Gasteiger partial charge in [-0.1, -0.05) is 34.8 Å². The van der Waals surface area contributed by atoms with E-state index in [1.54, 1.807) is 0 Å². The maximum atomic E-state index is 5.90. The van der Waals surface area contributed by atoms with E-state index in [2.05, 4.69) is 0 Å². The molecule has 14 heavy (non-hydrogen) atoms. The summed E-state index contributed by atoms with van der Waals surface area (Å²) < 4.78 is 5.05. The monoisotopic (exact) mass is 275 g/mol. The van der Waals surface area contributed by atoms with E-state index in [-0.39, 0.29) is 19.0 Å². The Hall–Kier alpha value is 0.140. The summed E-state index contributed by atoms with van der Waals surface area (Å²) in [6, 6.07) is 1.53. The molecule has 0 fully saturated rings. The van der Waals surface area contributed by atoms with Crippen LogP contribution in [0.1, 0.15) is 5.56 Å². The van der Waals surface area contributed by atoms with Crippen LogP contribution < -0.4 is 10.5 Å². The first-order valence-electron chi connectivity index (χ1n) is 3.52. The molecule has 80 valence electrons. The van der Waals surface area contributed by atoms with Gasteiger partial charge in [0.2, 0.25) is 0 Å². The quantitative estimate of drug-likeness (QED) is 0.839. The number of halogens is 4. The van der Waals surface area contributed by atoms with E-state index < -0.39 is 0 Å². The zero-order chi connectivity index (χ0) is 10.0. The average molecular weight is 277 g/mol. The summed E-state index contributed by atoms with van der Waals surface area (Å²) in [5.74, 6) is 0.485. The third-order valence-electron chi connectivity index (χ3n) is 1.63. The summed E-state index contributed by atoms with van der Waals surface area (Å²) in [7, 11) is 1.50. The van der Waals surface area contributed by atoms with Crippen molar-refractivity contribution in [3.8, 4) is 5.75 Å². The largest absolute Gasteiger partial charge is 0.495 e. The Labute approximate surface area is 104 Å². The van der Waals surface area contributed by atoms with Gasteiger partial charge in [0.05, 0.1) is 22.2 Å². The fraction of sp³-hybridized carbons (Fsp3) is 0.250. The van der Waals surface area contributed by atoms with Gasteiger partial charge in [0.15, 0.2) is 0 Å². The number of nitrogens with two attached hydrogens (primary N) is 1. The zero-order valence-corrected chi connectivity index (χ0v) is 10.4. The lowest BCUT2D eigenvalue weighted by Crippen LogP contribution is -2.01. The number of rotatable bonds is 2. The number of benzene rings is 1. The molecule has 0 aromatic heterocycles. The molecule has 0 saturated heterocycles. The van der Waals surface area contributed by atoms with E-state index in [0.717, 1.165) is 0 Å². The smallest absolute Gasteiger partial charge is 0.143 e. The van der Waals surface area contributed by atoms with E-state index in [9.17, 15) is 0 Å². The maximum absolute atomic E-state index is 5.90. The van der Waals surface area contributed by atoms with Crippen LogP contribution in [0, 0.1) is 0 Å². The van der Waals surface area contributed by atoms with Crippen LogP contribution in [-0.2, 0) is 6.54 Å². The lowest BCUT2D eigenvalue weighted by Gasteiger charge is -2.11. The standard InChI is InChI=1S/C8H8Cl3NO.ClH/c1-13-8-4(3-12)7(11)5(9)2-6(8)10;/h2H,3,12H2,1H3;1H. The van der Waals surface area contributed by atoms with Crippen LogP contribution in [-0.4, -0.2) is 7.11 Å². The SMILES string of the molecule is COc1c(Cl)cc(Cl)c(Cl)c1CN.Cl. The molecule has 0 spiro atoms. The topological polar surface area (TPSA) is 35.2 Å². The molecule has 1 aromatic carbocycles. The predicted molar refractivity (Wildman–Crippen MR) is 63.2 cm³/mol. The van der Waals surface area contributed by atoms with Gasteiger partial charge in [-0.3, -0.25) is 0 Å². The molecule has 1 rings (SSSR count). The highest BCUT2D eigenvalue weighted by Crippen LogP contribution is 2.38. The van der Waals surface area contributed by atoms with Gasteiger partial charge in [-0.2, -0.15) is 0 Å². The number of hydrogen-bond acceptors (Lipinski definition) is 2. The molecule has 0 aliphatic rings. The number of hydrogen-bond donors (Lipinski definition) is 1. The molecular weight excluding hydrogens is 268 g/mol. The number of methoxy groups -OCH3 is 1. The lowest BCUT2D eigenvalue weighted by atomic mass is 10.2. The minimum atomic E-state index is 0. The molecule has 1 aromatic rings. The summed E-state index contributed by atoms with van der Waals surface area (Å²) in [4.78, 5) is 0. The average Bonchev–Trinajstić information content (AvgIpc) is 2.10. The van der Waals surface area contributed by atoms with Crippen molar-refractivity contribution < 1.29 is 4.74 Å². The molecule has 0 bridgehead atoms. The fourth-order valence-corrected chi connectivity index (χ4v) is 1.83. The maximum Gasteiger partial charge on any atom is 0.143 e. The first kappa shape index (κ1) is 14.1. The summed E-state index contributed by atoms with van der Waals surface area (Å²) >= 11 is 17.6. The van der Waals surface area contributed by atoms with Gasteiger partial charge in [0.1, 0.15) is 5.75 Å². The van der Waals surface area contributed by atoms with Gasteiger partial charge in [0, 0.05) is 12.1 Å². The highest BCUT2D eigenvalue weighted by atomic mass is 35.5. The molecule has 0 aliphatic carbocycles. The summed E-state index contributed by atoms with van der Waals surface area (Å²) in [6.45, 7) is 0.238. The third-order valence-corrected chi connectivity index (χ3v) is 2.73. The molecule has 6 heteroatoms. The van der Waals surface area contributed by atoms with Crippen LogP contribution in [0.3, 0.4) is 0 Å². The molecule has 0 amide bonds. The van der Waals surface area contributed by atoms with Crippen LogP contribution in [0.2, 0.25) is 15.1 Å². The van der Waals surface area contributed by atoms with Crippen molar-refractivity contribution in [1.82, 2.24) is 0 Å². The van der Waals surface area contributed by atoms with Crippen LogP contribution >= 0.6 is 47.2 Å². The van der Waals surface area contributed by atoms with Gasteiger partial charge < -0.3 is 10.5 Å². The Morgan fingerprint density at radius 1 is 1.29 bits per heavy atom. The normalized spacial score (nSPS) is 9.50. The van der Waals surface area contributed by atoms with Crippen molar-refractivity contribution in [1.29, 1.82) is 0 Å². The Morgan fingerprint density at radius 3 is 2.29 bits per heavy atom. The fourth-order valence-electron chi connectivity index (χ4n) is 1.03. The molecule has 0 aliphatic heterocycles. The van der Waals surface area contributed by atoms with Gasteiger partial charge in [0.25, 0.3) is 0 Å². The van der Waals surface area contributed by atoms with E-state index in [1.807, 2.05) is 0 Å². The van der Waals surface area contributed by atoms with Crippen LogP contribution in [0.15, 0.2) is 6.07 Å². The first-order chi connectivity index (χ1) is 6.11. The van der Waals surface area contributed by atoms with Crippen LogP contribution in [0.4, 0.5) is 0 Å². The molecule has 0 saturated carbocycles. The van der Waals surface area contributed by atoms with E-state index in [4.69, 9.17) is 45.3 Å². The molecule has 0 heterocycles. The van der Waals surface area contributed by atoms with Crippen molar-refractivity contribution in [2.24, 2.45) is 5.73 Å². The second-order valence-electron chi connectivity index (χ2n) is 2.37. The van der Waals surface area contributed by atoms with Crippen molar-refractivity contribution in [3.05, 3.63) is 26.7 Å². The second-order valence-corrected chi connectivity index (χ2v) is 3.56. The minimum Gasteiger partial charge on any atom is -0.495 e. The molecule has 0 atom stereocenters. The summed E-state index contributed by atoms with van der Waals surface area (Å²) in [5.41, 5.74) is 6.11. The number of ether oxygens (including phenoxy) is 1.